The molecule has 1 saturated heterocycles. The molecule has 1 heterocycles. The summed E-state index contributed by atoms with van der Waals surface area (Å²) in [5, 5.41) is 3.15. The van der Waals surface area contributed by atoms with Crippen LogP contribution in [0.25, 0.3) is 0 Å². The second-order valence-corrected chi connectivity index (χ2v) is 5.45. The highest BCUT2D eigenvalue weighted by Crippen LogP contribution is 2.15. The summed E-state index contributed by atoms with van der Waals surface area (Å²) >= 11 is 0. The van der Waals surface area contributed by atoms with Crippen LogP contribution in [0.5, 0.6) is 0 Å². The van der Waals surface area contributed by atoms with Gasteiger partial charge in [0.2, 0.25) is 0 Å². The summed E-state index contributed by atoms with van der Waals surface area (Å²) in [7, 11) is 4.33. The van der Waals surface area contributed by atoms with Crippen molar-refractivity contribution in [1.82, 2.24) is 9.80 Å². The lowest BCUT2D eigenvalue weighted by molar-refractivity contribution is 0.224. The number of halogens is 1. The van der Waals surface area contributed by atoms with Gasteiger partial charge in [0.15, 0.2) is 0 Å². The molecular formula is C15H24FN3. The number of likely N-dealkylation sites (tertiary alicyclic amines) is 1. The first kappa shape index (κ1) is 14.3. The van der Waals surface area contributed by atoms with Gasteiger partial charge < -0.3 is 15.1 Å². The molecular weight excluding hydrogens is 241 g/mol. The standard InChI is InChI=1S/C15H24FN3/c1-18(12-13-6-5-10-19(13)2)11-9-17-15-8-4-3-7-14(15)16/h3-4,7-8,13,17H,5-6,9-12H2,1-2H3. The van der Waals surface area contributed by atoms with Crippen LogP contribution in [0.1, 0.15) is 12.8 Å². The fraction of sp³-hybridized carbons (Fsp3) is 0.600. The van der Waals surface area contributed by atoms with Crippen molar-refractivity contribution in [3.63, 3.8) is 0 Å². The molecule has 0 bridgehead atoms. The number of hydrogen-bond donors (Lipinski definition) is 1. The highest BCUT2D eigenvalue weighted by molar-refractivity contribution is 5.44. The van der Waals surface area contributed by atoms with Crippen LogP contribution >= 0.6 is 0 Å². The second-order valence-electron chi connectivity index (χ2n) is 5.45. The molecule has 0 aliphatic carbocycles. The molecule has 3 nitrogen and oxygen atoms in total. The summed E-state index contributed by atoms with van der Waals surface area (Å²) in [5.41, 5.74) is 0.592. The Morgan fingerprint density at radius 1 is 1.42 bits per heavy atom. The number of nitrogens with zero attached hydrogens (tertiary/aromatic N) is 2. The Morgan fingerprint density at radius 3 is 2.89 bits per heavy atom. The highest BCUT2D eigenvalue weighted by Gasteiger charge is 2.21. The van der Waals surface area contributed by atoms with Gasteiger partial charge in [0, 0.05) is 25.7 Å². The van der Waals surface area contributed by atoms with Gasteiger partial charge in [-0.2, -0.15) is 0 Å². The Hall–Kier alpha value is -1.13. The van der Waals surface area contributed by atoms with Gasteiger partial charge >= 0.3 is 0 Å². The quantitative estimate of drug-likeness (QED) is 0.851. The third kappa shape index (κ3) is 4.18. The molecule has 1 aromatic rings. The van der Waals surface area contributed by atoms with Crippen molar-refractivity contribution < 1.29 is 4.39 Å². The predicted octanol–water partition coefficient (Wildman–Crippen LogP) is 2.26. The zero-order valence-corrected chi connectivity index (χ0v) is 11.9. The molecule has 4 heteroatoms. The number of hydrogen-bond acceptors (Lipinski definition) is 3. The summed E-state index contributed by atoms with van der Waals surface area (Å²) in [6.07, 6.45) is 2.60. The summed E-state index contributed by atoms with van der Waals surface area (Å²) in [5.74, 6) is -0.180. The average molecular weight is 265 g/mol. The molecule has 106 valence electrons. The number of anilines is 1. The van der Waals surface area contributed by atoms with Crippen LogP contribution in [0.3, 0.4) is 0 Å². The van der Waals surface area contributed by atoms with Gasteiger partial charge in [-0.15, -0.1) is 0 Å². The van der Waals surface area contributed by atoms with Crippen molar-refractivity contribution in [2.75, 3.05) is 45.6 Å². The minimum Gasteiger partial charge on any atom is -0.381 e. The van der Waals surface area contributed by atoms with Crippen molar-refractivity contribution in [1.29, 1.82) is 0 Å². The summed E-state index contributed by atoms with van der Waals surface area (Å²) in [6, 6.07) is 7.50. The van der Waals surface area contributed by atoms with Crippen LogP contribution in [0.2, 0.25) is 0 Å². The van der Waals surface area contributed by atoms with E-state index in [2.05, 4.69) is 29.2 Å². The van der Waals surface area contributed by atoms with Crippen LogP contribution in [0.4, 0.5) is 10.1 Å². The lowest BCUT2D eigenvalue weighted by Gasteiger charge is -2.25. The molecule has 19 heavy (non-hydrogen) atoms. The van der Waals surface area contributed by atoms with E-state index in [0.717, 1.165) is 19.6 Å². The van der Waals surface area contributed by atoms with Crippen LogP contribution in [-0.2, 0) is 0 Å². The normalized spacial score (nSPS) is 20.1. The van der Waals surface area contributed by atoms with Crippen LogP contribution in [-0.4, -0.2) is 56.1 Å². The molecule has 1 aliphatic heterocycles. The minimum absolute atomic E-state index is 0.180. The third-order valence-electron chi connectivity index (χ3n) is 3.88. The Labute approximate surface area is 115 Å². The number of likely N-dealkylation sites (N-methyl/N-ethyl adjacent to an activating group) is 2. The predicted molar refractivity (Wildman–Crippen MR) is 78.0 cm³/mol. The number of benzene rings is 1. The molecule has 2 rings (SSSR count). The van der Waals surface area contributed by atoms with E-state index in [-0.39, 0.29) is 5.82 Å². The van der Waals surface area contributed by atoms with Crippen molar-refractivity contribution >= 4 is 5.69 Å². The largest absolute Gasteiger partial charge is 0.381 e. The van der Waals surface area contributed by atoms with Crippen molar-refractivity contribution in [3.8, 4) is 0 Å². The van der Waals surface area contributed by atoms with E-state index in [0.29, 0.717) is 11.7 Å². The van der Waals surface area contributed by atoms with Gasteiger partial charge in [-0.1, -0.05) is 12.1 Å². The van der Waals surface area contributed by atoms with E-state index in [9.17, 15) is 4.39 Å². The lowest BCUT2D eigenvalue weighted by Crippen LogP contribution is -2.38. The zero-order valence-electron chi connectivity index (χ0n) is 11.9. The van der Waals surface area contributed by atoms with E-state index in [1.165, 1.54) is 25.5 Å². The van der Waals surface area contributed by atoms with E-state index >= 15 is 0 Å². The molecule has 1 aromatic carbocycles. The minimum atomic E-state index is -0.180. The zero-order chi connectivity index (χ0) is 13.7. The molecule has 1 unspecified atom stereocenters. The first-order valence-corrected chi connectivity index (χ1v) is 7.04. The first-order chi connectivity index (χ1) is 9.16. The fourth-order valence-electron chi connectivity index (χ4n) is 2.65. The van der Waals surface area contributed by atoms with Gasteiger partial charge in [0.05, 0.1) is 5.69 Å². The smallest absolute Gasteiger partial charge is 0.146 e. The molecule has 0 radical (unpaired) electrons. The molecule has 0 spiro atoms. The van der Waals surface area contributed by atoms with Gasteiger partial charge in [-0.25, -0.2) is 4.39 Å². The molecule has 1 aliphatic rings. The van der Waals surface area contributed by atoms with E-state index in [4.69, 9.17) is 0 Å². The molecule has 0 aromatic heterocycles. The second kappa shape index (κ2) is 6.87. The Balaban J connectivity index is 1.69. The third-order valence-corrected chi connectivity index (χ3v) is 3.88. The molecule has 1 atom stereocenters. The van der Waals surface area contributed by atoms with E-state index in [1.54, 1.807) is 12.1 Å². The molecule has 1 fully saturated rings. The van der Waals surface area contributed by atoms with Crippen molar-refractivity contribution in [2.45, 2.75) is 18.9 Å². The van der Waals surface area contributed by atoms with Gasteiger partial charge in [-0.05, 0) is 45.6 Å². The Kier molecular flexibility index (Phi) is 5.16. The van der Waals surface area contributed by atoms with Gasteiger partial charge in [0.25, 0.3) is 0 Å². The Morgan fingerprint density at radius 2 is 2.21 bits per heavy atom. The maximum absolute atomic E-state index is 13.4. The molecule has 1 N–H and O–H groups in total. The monoisotopic (exact) mass is 265 g/mol. The van der Waals surface area contributed by atoms with Crippen LogP contribution in [0, 0.1) is 5.82 Å². The summed E-state index contributed by atoms with van der Waals surface area (Å²) in [6.45, 7) is 4.01. The fourth-order valence-corrected chi connectivity index (χ4v) is 2.65. The average Bonchev–Trinajstić information content (AvgIpc) is 2.77. The van der Waals surface area contributed by atoms with Crippen molar-refractivity contribution in [3.05, 3.63) is 30.1 Å². The topological polar surface area (TPSA) is 18.5 Å². The van der Waals surface area contributed by atoms with Crippen molar-refractivity contribution in [2.24, 2.45) is 0 Å². The maximum atomic E-state index is 13.4. The van der Waals surface area contributed by atoms with E-state index < -0.39 is 0 Å². The van der Waals surface area contributed by atoms with Gasteiger partial charge in [0.1, 0.15) is 5.82 Å². The maximum Gasteiger partial charge on any atom is 0.146 e. The summed E-state index contributed by atoms with van der Waals surface area (Å²) < 4.78 is 13.4. The number of nitrogens with one attached hydrogen (secondary N) is 1. The lowest BCUT2D eigenvalue weighted by atomic mass is 10.2. The van der Waals surface area contributed by atoms with E-state index in [1.807, 2.05) is 6.07 Å². The number of rotatable bonds is 6. The Bertz CT molecular complexity index is 397. The first-order valence-electron chi connectivity index (χ1n) is 7.04. The molecule has 0 amide bonds. The SMILES string of the molecule is CN(CCNc1ccccc1F)CC1CCCN1C. The molecule has 0 saturated carbocycles. The highest BCUT2D eigenvalue weighted by atomic mass is 19.1. The summed E-state index contributed by atoms with van der Waals surface area (Å²) in [4.78, 5) is 4.75. The number of para-hydroxylation sites is 1. The van der Waals surface area contributed by atoms with Crippen LogP contribution < -0.4 is 5.32 Å². The van der Waals surface area contributed by atoms with Crippen LogP contribution in [0.15, 0.2) is 24.3 Å². The van der Waals surface area contributed by atoms with Gasteiger partial charge in [-0.3, -0.25) is 0 Å².